The molecule has 3 rings (SSSR count). The number of hydrogen-bond donors (Lipinski definition) is 1. The minimum Gasteiger partial charge on any atom is -0.497 e. The van der Waals surface area contributed by atoms with Crippen LogP contribution in [0.1, 0.15) is 22.8 Å². The summed E-state index contributed by atoms with van der Waals surface area (Å²) in [5.74, 6) is 1.25. The number of carbonyl (C=O) groups is 1. The Kier molecular flexibility index (Phi) is 4.95. The first kappa shape index (κ1) is 17.2. The number of pyridine rings is 1. The summed E-state index contributed by atoms with van der Waals surface area (Å²) in [6, 6.07) is 20.3. The summed E-state index contributed by atoms with van der Waals surface area (Å²) in [5, 5.41) is 12.5. The van der Waals surface area contributed by atoms with Gasteiger partial charge in [-0.25, -0.2) is 4.98 Å². The van der Waals surface area contributed by atoms with E-state index in [9.17, 15) is 10.1 Å². The maximum absolute atomic E-state index is 11.4. The molecule has 5 nitrogen and oxygen atoms in total. The number of carbonyl (C=O) groups excluding carboxylic acids is 1. The quantitative estimate of drug-likeness (QED) is 0.687. The van der Waals surface area contributed by atoms with Crippen molar-refractivity contribution in [1.29, 1.82) is 5.26 Å². The van der Waals surface area contributed by atoms with Crippen molar-refractivity contribution in [3.05, 3.63) is 71.8 Å². The molecule has 128 valence electrons. The van der Waals surface area contributed by atoms with E-state index in [0.717, 1.165) is 22.7 Å². The largest absolute Gasteiger partial charge is 0.497 e. The van der Waals surface area contributed by atoms with Crippen LogP contribution in [-0.2, 0) is 0 Å². The van der Waals surface area contributed by atoms with E-state index in [-0.39, 0.29) is 5.78 Å². The molecule has 1 heterocycles. The van der Waals surface area contributed by atoms with Crippen molar-refractivity contribution < 1.29 is 9.53 Å². The average Bonchev–Trinajstić information content (AvgIpc) is 2.68. The second-order valence-electron chi connectivity index (χ2n) is 5.69. The second-order valence-corrected chi connectivity index (χ2v) is 5.69. The topological polar surface area (TPSA) is 75.0 Å². The number of nitrogens with one attached hydrogen (secondary N) is 1. The maximum Gasteiger partial charge on any atom is 0.159 e. The van der Waals surface area contributed by atoms with E-state index >= 15 is 0 Å². The van der Waals surface area contributed by atoms with Gasteiger partial charge >= 0.3 is 0 Å². The number of ketones is 1. The second kappa shape index (κ2) is 7.49. The Labute approximate surface area is 151 Å². The van der Waals surface area contributed by atoms with Gasteiger partial charge in [-0.05, 0) is 67.6 Å². The molecule has 0 fully saturated rings. The Morgan fingerprint density at radius 3 is 2.31 bits per heavy atom. The number of rotatable bonds is 5. The van der Waals surface area contributed by atoms with Crippen molar-refractivity contribution in [1.82, 2.24) is 4.98 Å². The summed E-state index contributed by atoms with van der Waals surface area (Å²) in [4.78, 5) is 16.0. The SMILES string of the molecule is COc1ccc(-c2ccc(C#N)c(Nc3ccc(C(C)=O)cc3)n2)cc1. The lowest BCUT2D eigenvalue weighted by Crippen LogP contribution is -1.99. The molecule has 0 aliphatic heterocycles. The van der Waals surface area contributed by atoms with E-state index in [4.69, 9.17) is 4.74 Å². The van der Waals surface area contributed by atoms with E-state index < -0.39 is 0 Å². The molecular formula is C21H17N3O2. The van der Waals surface area contributed by atoms with Gasteiger partial charge in [0.2, 0.25) is 0 Å². The smallest absolute Gasteiger partial charge is 0.159 e. The van der Waals surface area contributed by atoms with Crippen LogP contribution in [0.5, 0.6) is 5.75 Å². The molecule has 26 heavy (non-hydrogen) atoms. The minimum absolute atomic E-state index is 0.00823. The standard InChI is InChI=1S/C21H17N3O2/c1-14(25)15-3-8-18(9-4-15)23-21-17(13-22)7-12-20(24-21)16-5-10-19(26-2)11-6-16/h3-12H,1-2H3,(H,23,24). The van der Waals surface area contributed by atoms with Gasteiger partial charge in [-0.2, -0.15) is 5.26 Å². The van der Waals surface area contributed by atoms with Crippen LogP contribution in [-0.4, -0.2) is 17.9 Å². The monoisotopic (exact) mass is 343 g/mol. The van der Waals surface area contributed by atoms with Crippen molar-refractivity contribution in [2.45, 2.75) is 6.92 Å². The number of hydrogen-bond acceptors (Lipinski definition) is 5. The first-order valence-corrected chi connectivity index (χ1v) is 8.04. The molecule has 3 aromatic rings. The number of anilines is 2. The first-order valence-electron chi connectivity index (χ1n) is 8.04. The average molecular weight is 343 g/mol. The van der Waals surface area contributed by atoms with E-state index in [1.54, 1.807) is 37.4 Å². The van der Waals surface area contributed by atoms with Gasteiger partial charge in [0, 0.05) is 16.8 Å². The molecule has 5 heteroatoms. The Balaban J connectivity index is 1.92. The van der Waals surface area contributed by atoms with Crippen LogP contribution in [0, 0.1) is 11.3 Å². The van der Waals surface area contributed by atoms with Crippen LogP contribution in [0.3, 0.4) is 0 Å². The van der Waals surface area contributed by atoms with Crippen LogP contribution >= 0.6 is 0 Å². The van der Waals surface area contributed by atoms with Crippen LogP contribution in [0.25, 0.3) is 11.3 Å². The molecule has 0 unspecified atom stereocenters. The number of aromatic nitrogens is 1. The van der Waals surface area contributed by atoms with Gasteiger partial charge in [0.25, 0.3) is 0 Å². The van der Waals surface area contributed by atoms with Crippen molar-refractivity contribution in [3.63, 3.8) is 0 Å². The van der Waals surface area contributed by atoms with Gasteiger partial charge in [-0.1, -0.05) is 0 Å². The molecule has 0 atom stereocenters. The van der Waals surface area contributed by atoms with Crippen molar-refractivity contribution in [2.24, 2.45) is 0 Å². The molecule has 0 radical (unpaired) electrons. The Morgan fingerprint density at radius 2 is 1.73 bits per heavy atom. The lowest BCUT2D eigenvalue weighted by Gasteiger charge is -2.10. The third-order valence-electron chi connectivity index (χ3n) is 3.96. The Morgan fingerprint density at radius 1 is 1.04 bits per heavy atom. The zero-order valence-corrected chi connectivity index (χ0v) is 14.5. The summed E-state index contributed by atoms with van der Waals surface area (Å²) < 4.78 is 5.17. The van der Waals surface area contributed by atoms with Crippen LogP contribution < -0.4 is 10.1 Å². The van der Waals surface area contributed by atoms with Gasteiger partial charge < -0.3 is 10.1 Å². The highest BCUT2D eigenvalue weighted by molar-refractivity contribution is 5.94. The molecule has 0 bridgehead atoms. The summed E-state index contributed by atoms with van der Waals surface area (Å²) in [5.41, 5.74) is 3.50. The predicted molar refractivity (Wildman–Crippen MR) is 101 cm³/mol. The maximum atomic E-state index is 11.4. The first-order chi connectivity index (χ1) is 12.6. The summed E-state index contributed by atoms with van der Waals surface area (Å²) in [6.45, 7) is 1.52. The molecule has 1 N–H and O–H groups in total. The Bertz CT molecular complexity index is 972. The normalized spacial score (nSPS) is 10.0. The number of methoxy groups -OCH3 is 1. The van der Waals surface area contributed by atoms with Gasteiger partial charge in [0.05, 0.1) is 18.4 Å². The minimum atomic E-state index is 0.00823. The van der Waals surface area contributed by atoms with Crippen LogP contribution in [0.4, 0.5) is 11.5 Å². The number of Topliss-reactive ketones (excluding diaryl/α,β-unsaturated/α-hetero) is 1. The summed E-state index contributed by atoms with van der Waals surface area (Å²) >= 11 is 0. The molecule has 0 spiro atoms. The predicted octanol–water partition coefficient (Wildman–Crippen LogP) is 4.58. The molecule has 0 saturated heterocycles. The van der Waals surface area contributed by atoms with Gasteiger partial charge in [0.1, 0.15) is 17.6 Å². The highest BCUT2D eigenvalue weighted by Gasteiger charge is 2.08. The fourth-order valence-corrected chi connectivity index (χ4v) is 2.49. The van der Waals surface area contributed by atoms with Crippen LogP contribution in [0.2, 0.25) is 0 Å². The van der Waals surface area contributed by atoms with Crippen molar-refractivity contribution >= 4 is 17.3 Å². The Hall–Kier alpha value is -3.65. The van der Waals surface area contributed by atoms with Crippen molar-refractivity contribution in [2.75, 3.05) is 12.4 Å². The lowest BCUT2D eigenvalue weighted by molar-refractivity contribution is 0.101. The molecule has 0 aliphatic rings. The lowest BCUT2D eigenvalue weighted by atomic mass is 10.1. The van der Waals surface area contributed by atoms with E-state index in [1.807, 2.05) is 30.3 Å². The highest BCUT2D eigenvalue weighted by Crippen LogP contribution is 2.25. The fraction of sp³-hybridized carbons (Fsp3) is 0.0952. The number of benzene rings is 2. The van der Waals surface area contributed by atoms with Crippen molar-refractivity contribution in [3.8, 4) is 23.1 Å². The number of nitrogens with zero attached hydrogens (tertiary/aromatic N) is 2. The van der Waals surface area contributed by atoms with Gasteiger partial charge in [0.15, 0.2) is 5.78 Å². The molecule has 2 aromatic carbocycles. The molecular weight excluding hydrogens is 326 g/mol. The van der Waals surface area contributed by atoms with Gasteiger partial charge in [-0.3, -0.25) is 4.79 Å². The number of nitriles is 1. The van der Waals surface area contributed by atoms with E-state index in [2.05, 4.69) is 16.4 Å². The fourth-order valence-electron chi connectivity index (χ4n) is 2.49. The van der Waals surface area contributed by atoms with Crippen LogP contribution in [0.15, 0.2) is 60.7 Å². The zero-order valence-electron chi connectivity index (χ0n) is 14.5. The van der Waals surface area contributed by atoms with Gasteiger partial charge in [-0.15, -0.1) is 0 Å². The number of ether oxygens (including phenoxy) is 1. The summed E-state index contributed by atoms with van der Waals surface area (Å²) in [7, 11) is 1.62. The van der Waals surface area contributed by atoms with E-state index in [1.165, 1.54) is 6.92 Å². The van der Waals surface area contributed by atoms with E-state index in [0.29, 0.717) is 16.9 Å². The molecule has 0 aliphatic carbocycles. The zero-order chi connectivity index (χ0) is 18.5. The third kappa shape index (κ3) is 3.70. The highest BCUT2D eigenvalue weighted by atomic mass is 16.5. The summed E-state index contributed by atoms with van der Waals surface area (Å²) in [6.07, 6.45) is 0. The molecule has 1 aromatic heterocycles. The third-order valence-corrected chi connectivity index (χ3v) is 3.96. The molecule has 0 amide bonds. The molecule has 0 saturated carbocycles.